The van der Waals surface area contributed by atoms with E-state index in [-0.39, 0.29) is 18.0 Å². The molecule has 2 aromatic rings. The normalized spacial score (nSPS) is 11.0. The maximum absolute atomic E-state index is 12.4. The summed E-state index contributed by atoms with van der Waals surface area (Å²) in [4.78, 5) is 11.6. The highest BCUT2D eigenvalue weighted by Crippen LogP contribution is 2.29. The number of carbonyl (C=O) groups excluding carboxylic acids is 1. The molecule has 0 fully saturated rings. The molecule has 3 N–H and O–H groups in total. The number of anilines is 1. The molecular formula is C15H13F3N2O2. The number of amides is 2. The summed E-state index contributed by atoms with van der Waals surface area (Å²) >= 11 is 0. The third-order valence-electron chi connectivity index (χ3n) is 2.86. The highest BCUT2D eigenvalue weighted by Gasteiger charge is 2.29. The van der Waals surface area contributed by atoms with Crippen molar-refractivity contribution in [3.8, 4) is 5.75 Å². The Morgan fingerprint density at radius 2 is 1.59 bits per heavy atom. The predicted molar refractivity (Wildman–Crippen MR) is 75.4 cm³/mol. The summed E-state index contributed by atoms with van der Waals surface area (Å²) in [6, 6.07) is 9.90. The molecule has 22 heavy (non-hydrogen) atoms. The Hall–Kier alpha value is -2.70. The monoisotopic (exact) mass is 310 g/mol. The molecule has 0 aliphatic heterocycles. The Balaban J connectivity index is 1.88. The average Bonchev–Trinajstić information content (AvgIpc) is 2.46. The topological polar surface area (TPSA) is 61.4 Å². The second kappa shape index (κ2) is 6.38. The van der Waals surface area contributed by atoms with E-state index < -0.39 is 17.8 Å². The maximum Gasteiger partial charge on any atom is 0.416 e. The summed E-state index contributed by atoms with van der Waals surface area (Å²) in [5.74, 6) is 0.123. The van der Waals surface area contributed by atoms with Gasteiger partial charge in [0.25, 0.3) is 0 Å². The lowest BCUT2D eigenvalue weighted by Crippen LogP contribution is -2.28. The molecule has 0 aliphatic rings. The molecule has 0 heterocycles. The summed E-state index contributed by atoms with van der Waals surface area (Å²) < 4.78 is 37.2. The van der Waals surface area contributed by atoms with Crippen LogP contribution in [0.25, 0.3) is 0 Å². The van der Waals surface area contributed by atoms with Gasteiger partial charge in [0.05, 0.1) is 5.56 Å². The molecule has 7 heteroatoms. The zero-order valence-electron chi connectivity index (χ0n) is 11.3. The number of phenolic OH excluding ortho intramolecular Hbond substituents is 1. The molecule has 0 unspecified atom stereocenters. The third kappa shape index (κ3) is 4.41. The van der Waals surface area contributed by atoms with E-state index in [2.05, 4.69) is 10.6 Å². The van der Waals surface area contributed by atoms with Crippen LogP contribution in [0.2, 0.25) is 0 Å². The van der Waals surface area contributed by atoms with Gasteiger partial charge in [0.15, 0.2) is 0 Å². The van der Waals surface area contributed by atoms with Gasteiger partial charge in [0.2, 0.25) is 0 Å². The Bertz CT molecular complexity index is 637. The van der Waals surface area contributed by atoms with Crippen LogP contribution in [0.15, 0.2) is 48.5 Å². The summed E-state index contributed by atoms with van der Waals surface area (Å²) in [6.07, 6.45) is -4.40. The molecule has 0 spiro atoms. The smallest absolute Gasteiger partial charge is 0.416 e. The number of aromatic hydroxyl groups is 1. The van der Waals surface area contributed by atoms with Gasteiger partial charge in [-0.05, 0) is 42.0 Å². The van der Waals surface area contributed by atoms with Gasteiger partial charge in [-0.1, -0.05) is 12.1 Å². The predicted octanol–water partition coefficient (Wildman–Crippen LogP) is 3.73. The first-order valence-corrected chi connectivity index (χ1v) is 6.34. The Morgan fingerprint density at radius 1 is 1.00 bits per heavy atom. The lowest BCUT2D eigenvalue weighted by molar-refractivity contribution is -0.137. The highest BCUT2D eigenvalue weighted by atomic mass is 19.4. The van der Waals surface area contributed by atoms with Crippen LogP contribution in [-0.2, 0) is 12.7 Å². The SMILES string of the molecule is O=C(NCc1ccc(O)cc1)Nc1ccc(C(F)(F)F)cc1. The fourth-order valence-electron chi connectivity index (χ4n) is 1.71. The van der Waals surface area contributed by atoms with Crippen LogP contribution in [0.3, 0.4) is 0 Å². The quantitative estimate of drug-likeness (QED) is 0.809. The molecule has 0 radical (unpaired) electrons. The summed E-state index contributed by atoms with van der Waals surface area (Å²) in [5.41, 5.74) is 0.263. The Labute approximate surface area is 124 Å². The number of rotatable bonds is 3. The van der Waals surface area contributed by atoms with E-state index >= 15 is 0 Å². The molecule has 0 bridgehead atoms. The molecule has 0 saturated heterocycles. The largest absolute Gasteiger partial charge is 0.508 e. The average molecular weight is 310 g/mol. The van der Waals surface area contributed by atoms with E-state index in [1.54, 1.807) is 12.1 Å². The van der Waals surface area contributed by atoms with Crippen LogP contribution in [0, 0.1) is 0 Å². The standard InChI is InChI=1S/C15H13F3N2O2/c16-15(17,18)11-3-5-12(6-4-11)20-14(22)19-9-10-1-7-13(21)8-2-10/h1-8,21H,9H2,(H2,19,20,22). The van der Waals surface area contributed by atoms with Crippen molar-refractivity contribution in [1.29, 1.82) is 0 Å². The van der Waals surface area contributed by atoms with Crippen molar-refractivity contribution >= 4 is 11.7 Å². The number of carbonyl (C=O) groups is 1. The zero-order chi connectivity index (χ0) is 16.2. The number of hydrogen-bond acceptors (Lipinski definition) is 2. The molecule has 0 aromatic heterocycles. The molecule has 0 saturated carbocycles. The van der Waals surface area contributed by atoms with Gasteiger partial charge in [-0.15, -0.1) is 0 Å². The second-order valence-electron chi connectivity index (χ2n) is 4.55. The first kappa shape index (κ1) is 15.7. The van der Waals surface area contributed by atoms with Gasteiger partial charge < -0.3 is 15.7 Å². The van der Waals surface area contributed by atoms with Crippen LogP contribution >= 0.6 is 0 Å². The van der Waals surface area contributed by atoms with Gasteiger partial charge in [-0.2, -0.15) is 13.2 Å². The van der Waals surface area contributed by atoms with E-state index in [4.69, 9.17) is 5.11 Å². The molecule has 0 aliphatic carbocycles. The van der Waals surface area contributed by atoms with E-state index in [0.717, 1.165) is 17.7 Å². The van der Waals surface area contributed by atoms with Crippen molar-refractivity contribution in [2.45, 2.75) is 12.7 Å². The molecule has 116 valence electrons. The van der Waals surface area contributed by atoms with Gasteiger partial charge in [0.1, 0.15) is 5.75 Å². The number of phenols is 1. The number of hydrogen-bond donors (Lipinski definition) is 3. The van der Waals surface area contributed by atoms with Gasteiger partial charge in [-0.3, -0.25) is 0 Å². The molecule has 2 rings (SSSR count). The molecule has 2 aromatic carbocycles. The van der Waals surface area contributed by atoms with E-state index in [0.29, 0.717) is 0 Å². The van der Waals surface area contributed by atoms with Gasteiger partial charge in [0, 0.05) is 12.2 Å². The molecular weight excluding hydrogens is 297 g/mol. The maximum atomic E-state index is 12.4. The third-order valence-corrected chi connectivity index (χ3v) is 2.86. The lowest BCUT2D eigenvalue weighted by Gasteiger charge is -2.10. The number of nitrogens with one attached hydrogen (secondary N) is 2. The number of halogens is 3. The molecule has 2 amide bonds. The van der Waals surface area contributed by atoms with Crippen molar-refractivity contribution in [3.63, 3.8) is 0 Å². The number of alkyl halides is 3. The Kier molecular flexibility index (Phi) is 4.55. The fourth-order valence-corrected chi connectivity index (χ4v) is 1.71. The summed E-state index contributed by atoms with van der Waals surface area (Å²) in [6.45, 7) is 0.229. The number of benzene rings is 2. The highest BCUT2D eigenvalue weighted by molar-refractivity contribution is 5.89. The minimum atomic E-state index is -4.40. The van der Waals surface area contributed by atoms with Crippen molar-refractivity contribution in [1.82, 2.24) is 5.32 Å². The van der Waals surface area contributed by atoms with Crippen LogP contribution < -0.4 is 10.6 Å². The van der Waals surface area contributed by atoms with Gasteiger partial charge in [-0.25, -0.2) is 4.79 Å². The zero-order valence-corrected chi connectivity index (χ0v) is 11.3. The fraction of sp³-hybridized carbons (Fsp3) is 0.133. The van der Waals surface area contributed by atoms with Crippen molar-refractivity contribution in [3.05, 3.63) is 59.7 Å². The van der Waals surface area contributed by atoms with Gasteiger partial charge >= 0.3 is 12.2 Å². The van der Waals surface area contributed by atoms with Crippen molar-refractivity contribution in [2.24, 2.45) is 0 Å². The van der Waals surface area contributed by atoms with E-state index in [1.807, 2.05) is 0 Å². The minimum Gasteiger partial charge on any atom is -0.508 e. The first-order chi connectivity index (χ1) is 10.3. The Morgan fingerprint density at radius 3 is 2.14 bits per heavy atom. The van der Waals surface area contributed by atoms with Crippen LogP contribution in [0.4, 0.5) is 23.7 Å². The second-order valence-corrected chi connectivity index (χ2v) is 4.55. The van der Waals surface area contributed by atoms with Crippen LogP contribution in [-0.4, -0.2) is 11.1 Å². The lowest BCUT2D eigenvalue weighted by atomic mass is 10.2. The first-order valence-electron chi connectivity index (χ1n) is 6.34. The summed E-state index contributed by atoms with van der Waals surface area (Å²) in [7, 11) is 0. The van der Waals surface area contributed by atoms with E-state index in [9.17, 15) is 18.0 Å². The van der Waals surface area contributed by atoms with Crippen LogP contribution in [0.1, 0.15) is 11.1 Å². The number of urea groups is 1. The van der Waals surface area contributed by atoms with Crippen molar-refractivity contribution in [2.75, 3.05) is 5.32 Å². The van der Waals surface area contributed by atoms with E-state index in [1.165, 1.54) is 24.3 Å². The molecule has 0 atom stereocenters. The summed E-state index contributed by atoms with van der Waals surface area (Å²) in [5, 5.41) is 14.1. The minimum absolute atomic E-state index is 0.123. The van der Waals surface area contributed by atoms with Crippen LogP contribution in [0.5, 0.6) is 5.75 Å². The molecule has 4 nitrogen and oxygen atoms in total. The van der Waals surface area contributed by atoms with Crippen molar-refractivity contribution < 1.29 is 23.1 Å².